The van der Waals surface area contributed by atoms with Gasteiger partial charge >= 0.3 is 0 Å². The quantitative estimate of drug-likeness (QED) is 0.706. The molecule has 2 N–H and O–H groups in total. The van der Waals surface area contributed by atoms with E-state index in [-0.39, 0.29) is 12.6 Å². The molecule has 1 rings (SSSR count). The zero-order valence-electron chi connectivity index (χ0n) is 9.61. The van der Waals surface area contributed by atoms with Gasteiger partial charge in [-0.1, -0.05) is 6.92 Å². The predicted octanol–water partition coefficient (Wildman–Crippen LogP) is 0.942. The third-order valence-electron chi connectivity index (χ3n) is 2.37. The summed E-state index contributed by atoms with van der Waals surface area (Å²) in [6.45, 7) is 6.17. The van der Waals surface area contributed by atoms with Gasteiger partial charge in [-0.05, 0) is 31.9 Å². The Morgan fingerprint density at radius 2 is 2.40 bits per heavy atom. The number of nitrogens with zero attached hydrogens (tertiary/aromatic N) is 2. The molecule has 1 atom stereocenters. The third kappa shape index (κ3) is 4.44. The molecule has 0 aliphatic rings. The van der Waals surface area contributed by atoms with Crippen LogP contribution >= 0.6 is 0 Å². The molecule has 0 fully saturated rings. The first-order chi connectivity index (χ1) is 7.26. The van der Waals surface area contributed by atoms with Gasteiger partial charge in [0.1, 0.15) is 0 Å². The van der Waals surface area contributed by atoms with Crippen LogP contribution in [0, 0.1) is 6.92 Å². The normalized spacial score (nSPS) is 13.0. The fourth-order valence-electron chi connectivity index (χ4n) is 1.48. The molecule has 1 heterocycles. The minimum absolute atomic E-state index is 0.189. The Morgan fingerprint density at radius 1 is 1.60 bits per heavy atom. The van der Waals surface area contributed by atoms with Gasteiger partial charge in [0.15, 0.2) is 0 Å². The van der Waals surface area contributed by atoms with Crippen molar-refractivity contribution in [2.24, 2.45) is 0 Å². The van der Waals surface area contributed by atoms with Crippen molar-refractivity contribution in [3.63, 3.8) is 0 Å². The molecule has 4 heteroatoms. The molecule has 4 nitrogen and oxygen atoms in total. The van der Waals surface area contributed by atoms with Gasteiger partial charge in [0.2, 0.25) is 0 Å². The molecule has 86 valence electrons. The molecular weight excluding hydrogens is 190 g/mol. The van der Waals surface area contributed by atoms with Gasteiger partial charge in [-0.15, -0.1) is 0 Å². The zero-order chi connectivity index (χ0) is 11.1. The number of hydrogen-bond acceptors (Lipinski definition) is 3. The van der Waals surface area contributed by atoms with E-state index in [1.165, 1.54) is 5.56 Å². The average Bonchev–Trinajstić information content (AvgIpc) is 2.65. The Hall–Kier alpha value is -0.870. The molecule has 0 aromatic carbocycles. The summed E-state index contributed by atoms with van der Waals surface area (Å²) in [6, 6.07) is 0.189. The second kappa shape index (κ2) is 6.58. The molecule has 1 aromatic rings. The van der Waals surface area contributed by atoms with Gasteiger partial charge in [0, 0.05) is 18.8 Å². The van der Waals surface area contributed by atoms with E-state index in [1.807, 2.05) is 24.0 Å². The lowest BCUT2D eigenvalue weighted by molar-refractivity contribution is 0.230. The molecule has 0 saturated heterocycles. The molecule has 0 bridgehead atoms. The Bertz CT molecular complexity index is 273. The van der Waals surface area contributed by atoms with Gasteiger partial charge in [0.05, 0.1) is 12.8 Å². The summed E-state index contributed by atoms with van der Waals surface area (Å²) >= 11 is 0. The number of aliphatic hydroxyl groups excluding tert-OH is 1. The summed E-state index contributed by atoms with van der Waals surface area (Å²) < 4.78 is 1.92. The molecule has 1 aromatic heterocycles. The molecule has 0 aliphatic carbocycles. The monoisotopic (exact) mass is 211 g/mol. The van der Waals surface area contributed by atoms with Crippen LogP contribution < -0.4 is 5.32 Å². The molecule has 15 heavy (non-hydrogen) atoms. The number of nitrogens with one attached hydrogen (secondary N) is 1. The van der Waals surface area contributed by atoms with Crippen LogP contribution in [-0.4, -0.2) is 34.1 Å². The van der Waals surface area contributed by atoms with Gasteiger partial charge < -0.3 is 10.4 Å². The van der Waals surface area contributed by atoms with E-state index in [9.17, 15) is 0 Å². The average molecular weight is 211 g/mol. The Morgan fingerprint density at radius 3 is 2.93 bits per heavy atom. The van der Waals surface area contributed by atoms with Crippen LogP contribution in [0.1, 0.15) is 25.3 Å². The van der Waals surface area contributed by atoms with Crippen LogP contribution in [0.2, 0.25) is 0 Å². The van der Waals surface area contributed by atoms with Crippen LogP contribution in [-0.2, 0) is 6.54 Å². The Balaban J connectivity index is 2.27. The first kappa shape index (κ1) is 12.2. The minimum Gasteiger partial charge on any atom is -0.395 e. The maximum atomic E-state index is 9.14. The largest absolute Gasteiger partial charge is 0.395 e. The second-order valence-electron chi connectivity index (χ2n) is 3.90. The van der Waals surface area contributed by atoms with Crippen molar-refractivity contribution in [2.45, 2.75) is 39.3 Å². The van der Waals surface area contributed by atoms with Gasteiger partial charge in [-0.25, -0.2) is 0 Å². The number of aryl methyl sites for hydroxylation is 2. The van der Waals surface area contributed by atoms with Crippen LogP contribution in [0.5, 0.6) is 0 Å². The van der Waals surface area contributed by atoms with Crippen LogP contribution in [0.3, 0.4) is 0 Å². The van der Waals surface area contributed by atoms with E-state index < -0.39 is 0 Å². The minimum atomic E-state index is 0.189. The van der Waals surface area contributed by atoms with E-state index in [1.54, 1.807) is 0 Å². The summed E-state index contributed by atoms with van der Waals surface area (Å²) in [5, 5.41) is 16.7. The van der Waals surface area contributed by atoms with E-state index in [2.05, 4.69) is 17.3 Å². The molecule has 0 aliphatic heterocycles. The van der Waals surface area contributed by atoms with Crippen molar-refractivity contribution in [2.75, 3.05) is 13.2 Å². The summed E-state index contributed by atoms with van der Waals surface area (Å²) in [5.41, 5.74) is 1.18. The number of aromatic nitrogens is 2. The Labute approximate surface area is 91.3 Å². The maximum absolute atomic E-state index is 9.14. The van der Waals surface area contributed by atoms with Crippen LogP contribution in [0.15, 0.2) is 12.4 Å². The standard InChI is InChI=1S/C11H21N3O/c1-3-5-12-11(9-15)4-6-14-8-10(2)7-13-14/h7-8,11-12,15H,3-6,9H2,1-2H3. The predicted molar refractivity (Wildman–Crippen MR) is 60.7 cm³/mol. The summed E-state index contributed by atoms with van der Waals surface area (Å²) in [6.07, 6.45) is 5.89. The topological polar surface area (TPSA) is 50.1 Å². The molecular formula is C11H21N3O. The van der Waals surface area contributed by atoms with Crippen molar-refractivity contribution in [3.8, 4) is 0 Å². The molecule has 0 amide bonds. The van der Waals surface area contributed by atoms with Crippen molar-refractivity contribution < 1.29 is 5.11 Å². The third-order valence-corrected chi connectivity index (χ3v) is 2.37. The van der Waals surface area contributed by atoms with Crippen LogP contribution in [0.4, 0.5) is 0 Å². The highest BCUT2D eigenvalue weighted by atomic mass is 16.3. The summed E-state index contributed by atoms with van der Waals surface area (Å²) in [4.78, 5) is 0. The van der Waals surface area contributed by atoms with Gasteiger partial charge in [0.25, 0.3) is 0 Å². The highest BCUT2D eigenvalue weighted by molar-refractivity contribution is 4.99. The van der Waals surface area contributed by atoms with E-state index in [4.69, 9.17) is 5.11 Å². The first-order valence-electron chi connectivity index (χ1n) is 5.59. The van der Waals surface area contributed by atoms with E-state index in [0.29, 0.717) is 0 Å². The maximum Gasteiger partial charge on any atom is 0.0585 e. The molecule has 0 saturated carbocycles. The van der Waals surface area contributed by atoms with Crippen molar-refractivity contribution in [3.05, 3.63) is 18.0 Å². The number of hydrogen-bond donors (Lipinski definition) is 2. The Kier molecular flexibility index (Phi) is 5.36. The second-order valence-corrected chi connectivity index (χ2v) is 3.90. The molecule has 0 radical (unpaired) electrons. The van der Waals surface area contributed by atoms with Crippen molar-refractivity contribution in [1.29, 1.82) is 0 Å². The summed E-state index contributed by atoms with van der Waals surface area (Å²) in [7, 11) is 0. The fraction of sp³-hybridized carbons (Fsp3) is 0.727. The van der Waals surface area contributed by atoms with Gasteiger partial charge in [-0.2, -0.15) is 5.10 Å². The number of aliphatic hydroxyl groups is 1. The zero-order valence-corrected chi connectivity index (χ0v) is 9.61. The van der Waals surface area contributed by atoms with Crippen molar-refractivity contribution in [1.82, 2.24) is 15.1 Å². The molecule has 0 spiro atoms. The highest BCUT2D eigenvalue weighted by Gasteiger charge is 2.06. The first-order valence-corrected chi connectivity index (χ1v) is 5.59. The van der Waals surface area contributed by atoms with E-state index in [0.717, 1.165) is 25.9 Å². The van der Waals surface area contributed by atoms with E-state index >= 15 is 0 Å². The molecule has 1 unspecified atom stereocenters. The SMILES string of the molecule is CCCNC(CO)CCn1cc(C)cn1. The highest BCUT2D eigenvalue weighted by Crippen LogP contribution is 1.99. The smallest absolute Gasteiger partial charge is 0.0585 e. The lowest BCUT2D eigenvalue weighted by Crippen LogP contribution is -2.34. The lowest BCUT2D eigenvalue weighted by atomic mass is 10.2. The van der Waals surface area contributed by atoms with Gasteiger partial charge in [-0.3, -0.25) is 4.68 Å². The van der Waals surface area contributed by atoms with Crippen molar-refractivity contribution >= 4 is 0 Å². The number of rotatable bonds is 7. The summed E-state index contributed by atoms with van der Waals surface area (Å²) in [5.74, 6) is 0. The fourth-order valence-corrected chi connectivity index (χ4v) is 1.48. The van der Waals surface area contributed by atoms with Crippen LogP contribution in [0.25, 0.3) is 0 Å². The lowest BCUT2D eigenvalue weighted by Gasteiger charge is -2.15.